The number of rotatable bonds is 4. The molecule has 0 aliphatic heterocycles. The first-order chi connectivity index (χ1) is 7.49. The molecule has 1 rings (SSSR count). The van der Waals surface area contributed by atoms with E-state index in [1.807, 2.05) is 12.1 Å². The Kier molecular flexibility index (Phi) is 4.55. The summed E-state index contributed by atoms with van der Waals surface area (Å²) in [7, 11) is 0. The Bertz CT molecular complexity index is 382. The van der Waals surface area contributed by atoms with Gasteiger partial charge in [0.2, 0.25) is 5.76 Å². The molecule has 3 nitrogen and oxygen atoms in total. The lowest BCUT2D eigenvalue weighted by atomic mass is 10.3. The Balaban J connectivity index is 2.57. The summed E-state index contributed by atoms with van der Waals surface area (Å²) in [6.45, 7) is 7.05. The molecule has 0 saturated heterocycles. The van der Waals surface area contributed by atoms with Gasteiger partial charge in [-0.05, 0) is 44.7 Å². The summed E-state index contributed by atoms with van der Waals surface area (Å²) in [6, 6.07) is 7.10. The highest BCUT2D eigenvalue weighted by Gasteiger charge is 2.12. The minimum atomic E-state index is -0.544. The van der Waals surface area contributed by atoms with Gasteiger partial charge in [0.15, 0.2) is 0 Å². The molecule has 0 N–H and O–H groups in total. The van der Waals surface area contributed by atoms with Crippen LogP contribution in [0.2, 0.25) is 0 Å². The fraction of sp³-hybridized carbons (Fsp3) is 0.250. The Hall–Kier alpha value is -1.29. The second-order valence-electron chi connectivity index (χ2n) is 3.43. The molecule has 0 bridgehead atoms. The van der Waals surface area contributed by atoms with Crippen LogP contribution >= 0.6 is 15.9 Å². The Morgan fingerprint density at radius 1 is 1.31 bits per heavy atom. The van der Waals surface area contributed by atoms with Crippen molar-refractivity contribution in [2.75, 3.05) is 0 Å². The van der Waals surface area contributed by atoms with Gasteiger partial charge in [-0.25, -0.2) is 4.79 Å². The highest BCUT2D eigenvalue weighted by Crippen LogP contribution is 2.18. The predicted octanol–water partition coefficient (Wildman–Crippen LogP) is 3.29. The van der Waals surface area contributed by atoms with Crippen LogP contribution in [0.15, 0.2) is 41.1 Å². The molecule has 86 valence electrons. The van der Waals surface area contributed by atoms with Crippen LogP contribution in [0.5, 0.6) is 5.75 Å². The van der Waals surface area contributed by atoms with Crippen LogP contribution in [0.4, 0.5) is 0 Å². The van der Waals surface area contributed by atoms with Crippen LogP contribution in [0, 0.1) is 0 Å². The molecule has 0 unspecified atom stereocenters. The van der Waals surface area contributed by atoms with Crippen molar-refractivity contribution in [1.82, 2.24) is 0 Å². The third-order valence-electron chi connectivity index (χ3n) is 1.63. The fourth-order valence-electron chi connectivity index (χ4n) is 0.966. The number of ether oxygens (including phenoxy) is 2. The molecule has 0 amide bonds. The van der Waals surface area contributed by atoms with Crippen LogP contribution in [0.1, 0.15) is 13.8 Å². The van der Waals surface area contributed by atoms with E-state index in [-0.39, 0.29) is 11.9 Å². The van der Waals surface area contributed by atoms with Crippen LogP contribution in [-0.4, -0.2) is 12.1 Å². The molecule has 1 aromatic rings. The fourth-order valence-corrected chi connectivity index (χ4v) is 1.23. The van der Waals surface area contributed by atoms with Gasteiger partial charge in [-0.2, -0.15) is 0 Å². The standard InChI is InChI=1S/C12H13BrO3/c1-8(2)15-12(14)9(3)16-11-6-4-10(13)5-7-11/h4-8H,3H2,1-2H3. The van der Waals surface area contributed by atoms with Crippen molar-refractivity contribution in [3.8, 4) is 5.75 Å². The lowest BCUT2D eigenvalue weighted by Crippen LogP contribution is -2.16. The first-order valence-electron chi connectivity index (χ1n) is 4.82. The van der Waals surface area contributed by atoms with Gasteiger partial charge in [-0.1, -0.05) is 15.9 Å². The smallest absolute Gasteiger partial charge is 0.373 e. The minimum absolute atomic E-state index is 0.0176. The highest BCUT2D eigenvalue weighted by atomic mass is 79.9. The van der Waals surface area contributed by atoms with E-state index in [4.69, 9.17) is 9.47 Å². The van der Waals surface area contributed by atoms with E-state index >= 15 is 0 Å². The topological polar surface area (TPSA) is 35.5 Å². The number of carbonyl (C=O) groups is 1. The molecule has 0 heterocycles. The maximum Gasteiger partial charge on any atom is 0.373 e. The van der Waals surface area contributed by atoms with Gasteiger partial charge in [0.1, 0.15) is 5.75 Å². The van der Waals surface area contributed by atoms with E-state index in [2.05, 4.69) is 22.5 Å². The molecule has 0 aliphatic carbocycles. The largest absolute Gasteiger partial charge is 0.457 e. The van der Waals surface area contributed by atoms with E-state index in [1.165, 1.54) is 0 Å². The Morgan fingerprint density at radius 2 is 1.88 bits per heavy atom. The summed E-state index contributed by atoms with van der Waals surface area (Å²) in [5.41, 5.74) is 0. The van der Waals surface area contributed by atoms with E-state index in [0.717, 1.165) is 4.47 Å². The number of halogens is 1. The number of hydrogen-bond donors (Lipinski definition) is 0. The number of benzene rings is 1. The zero-order valence-electron chi connectivity index (χ0n) is 9.20. The average molecular weight is 285 g/mol. The summed E-state index contributed by atoms with van der Waals surface area (Å²) in [4.78, 5) is 11.4. The molecule has 4 heteroatoms. The zero-order valence-corrected chi connectivity index (χ0v) is 10.8. The third-order valence-corrected chi connectivity index (χ3v) is 2.15. The summed E-state index contributed by atoms with van der Waals surface area (Å²) >= 11 is 3.30. The number of esters is 1. The normalized spacial score (nSPS) is 10.0. The van der Waals surface area contributed by atoms with Gasteiger partial charge in [-0.3, -0.25) is 0 Å². The van der Waals surface area contributed by atoms with E-state index in [9.17, 15) is 4.79 Å². The lowest BCUT2D eigenvalue weighted by molar-refractivity contribution is -0.145. The third kappa shape index (κ3) is 4.06. The van der Waals surface area contributed by atoms with Gasteiger partial charge in [-0.15, -0.1) is 0 Å². The Labute approximate surface area is 103 Å². The average Bonchev–Trinajstić information content (AvgIpc) is 2.20. The molecule has 0 saturated carbocycles. The van der Waals surface area contributed by atoms with Gasteiger partial charge in [0.05, 0.1) is 6.10 Å². The second kappa shape index (κ2) is 5.70. The van der Waals surface area contributed by atoms with Crippen molar-refractivity contribution < 1.29 is 14.3 Å². The van der Waals surface area contributed by atoms with Gasteiger partial charge in [0, 0.05) is 4.47 Å². The second-order valence-corrected chi connectivity index (χ2v) is 4.35. The maximum atomic E-state index is 11.4. The van der Waals surface area contributed by atoms with Gasteiger partial charge >= 0.3 is 5.97 Å². The van der Waals surface area contributed by atoms with E-state index in [0.29, 0.717) is 5.75 Å². The van der Waals surface area contributed by atoms with Crippen LogP contribution in [0.25, 0.3) is 0 Å². The summed E-state index contributed by atoms with van der Waals surface area (Å²) in [5, 5.41) is 0. The molecule has 0 atom stereocenters. The predicted molar refractivity (Wildman–Crippen MR) is 65.1 cm³/mol. The van der Waals surface area contributed by atoms with Crippen molar-refractivity contribution >= 4 is 21.9 Å². The van der Waals surface area contributed by atoms with Crippen molar-refractivity contribution in [2.24, 2.45) is 0 Å². The van der Waals surface area contributed by atoms with Crippen molar-refractivity contribution in [3.05, 3.63) is 41.1 Å². The lowest BCUT2D eigenvalue weighted by Gasteiger charge is -2.10. The molecule has 0 aromatic heterocycles. The number of carbonyl (C=O) groups excluding carboxylic acids is 1. The molecule has 0 spiro atoms. The summed E-state index contributed by atoms with van der Waals surface area (Å²) in [5.74, 6) is -0.0113. The highest BCUT2D eigenvalue weighted by molar-refractivity contribution is 9.10. The van der Waals surface area contributed by atoms with Crippen molar-refractivity contribution in [1.29, 1.82) is 0 Å². The molecule has 0 aliphatic rings. The van der Waals surface area contributed by atoms with Crippen LogP contribution < -0.4 is 4.74 Å². The van der Waals surface area contributed by atoms with Crippen LogP contribution in [-0.2, 0) is 9.53 Å². The molecule has 0 fully saturated rings. The monoisotopic (exact) mass is 284 g/mol. The Morgan fingerprint density at radius 3 is 2.38 bits per heavy atom. The van der Waals surface area contributed by atoms with Gasteiger partial charge < -0.3 is 9.47 Å². The van der Waals surface area contributed by atoms with Crippen molar-refractivity contribution in [3.63, 3.8) is 0 Å². The summed E-state index contributed by atoms with van der Waals surface area (Å²) < 4.78 is 11.1. The van der Waals surface area contributed by atoms with Crippen molar-refractivity contribution in [2.45, 2.75) is 20.0 Å². The molecule has 0 radical (unpaired) electrons. The first-order valence-corrected chi connectivity index (χ1v) is 5.61. The molecular weight excluding hydrogens is 272 g/mol. The first kappa shape index (κ1) is 12.8. The van der Waals surface area contributed by atoms with E-state index in [1.54, 1.807) is 26.0 Å². The molecular formula is C12H13BrO3. The van der Waals surface area contributed by atoms with Gasteiger partial charge in [0.25, 0.3) is 0 Å². The van der Waals surface area contributed by atoms with Crippen LogP contribution in [0.3, 0.4) is 0 Å². The quantitative estimate of drug-likeness (QED) is 0.484. The van der Waals surface area contributed by atoms with E-state index < -0.39 is 5.97 Å². The number of hydrogen-bond acceptors (Lipinski definition) is 3. The summed E-state index contributed by atoms with van der Waals surface area (Å²) in [6.07, 6.45) is -0.183. The SMILES string of the molecule is C=C(Oc1ccc(Br)cc1)C(=O)OC(C)C. The maximum absolute atomic E-state index is 11.4. The molecule has 16 heavy (non-hydrogen) atoms. The minimum Gasteiger partial charge on any atom is -0.457 e. The zero-order chi connectivity index (χ0) is 12.1. The molecule has 1 aromatic carbocycles.